The van der Waals surface area contributed by atoms with E-state index >= 15 is 0 Å². The summed E-state index contributed by atoms with van der Waals surface area (Å²) in [5.74, 6) is 1.27. The van der Waals surface area contributed by atoms with Crippen LogP contribution in [-0.2, 0) is 9.59 Å². The Morgan fingerprint density at radius 1 is 1.35 bits per heavy atom. The fourth-order valence-electron chi connectivity index (χ4n) is 2.32. The van der Waals surface area contributed by atoms with Gasteiger partial charge in [0.15, 0.2) is 0 Å². The van der Waals surface area contributed by atoms with Gasteiger partial charge in [0.2, 0.25) is 11.8 Å². The van der Waals surface area contributed by atoms with E-state index in [4.69, 9.17) is 0 Å². The zero-order valence-electron chi connectivity index (χ0n) is 13.5. The molecule has 20 heavy (non-hydrogen) atoms. The van der Waals surface area contributed by atoms with Gasteiger partial charge in [0.1, 0.15) is 6.04 Å². The number of amides is 2. The van der Waals surface area contributed by atoms with Crippen LogP contribution in [0, 0.1) is 5.92 Å². The van der Waals surface area contributed by atoms with Gasteiger partial charge in [-0.2, -0.15) is 0 Å². The molecule has 1 rings (SSSR count). The van der Waals surface area contributed by atoms with Gasteiger partial charge in [-0.15, -0.1) is 11.8 Å². The molecule has 1 aliphatic heterocycles. The van der Waals surface area contributed by atoms with Crippen molar-refractivity contribution in [1.82, 2.24) is 10.2 Å². The van der Waals surface area contributed by atoms with E-state index in [1.807, 2.05) is 32.6 Å². The molecule has 1 aliphatic rings. The molecule has 4 nitrogen and oxygen atoms in total. The fraction of sp³-hybridized carbons (Fsp3) is 0.867. The highest BCUT2D eigenvalue weighted by atomic mass is 32.2. The summed E-state index contributed by atoms with van der Waals surface area (Å²) in [5, 5.41) is 3.13. The lowest BCUT2D eigenvalue weighted by molar-refractivity contribution is -0.140. The standard InChI is InChI=1S/C15H28N2O2S/c1-7-12(18)17-11(14(19)16-15(4,5)6)9-20-13(17)8-10(2)3/h10-11,13H,7-9H2,1-6H3,(H,16,19). The quantitative estimate of drug-likeness (QED) is 0.868. The lowest BCUT2D eigenvalue weighted by atomic mass is 10.1. The maximum Gasteiger partial charge on any atom is 0.244 e. The zero-order chi connectivity index (χ0) is 15.5. The van der Waals surface area contributed by atoms with Gasteiger partial charge in [0, 0.05) is 17.7 Å². The summed E-state index contributed by atoms with van der Waals surface area (Å²) >= 11 is 1.73. The van der Waals surface area contributed by atoms with E-state index in [0.717, 1.165) is 6.42 Å². The molecule has 0 bridgehead atoms. The predicted octanol–water partition coefficient (Wildman–Crippen LogP) is 2.63. The molecule has 0 spiro atoms. The summed E-state index contributed by atoms with van der Waals surface area (Å²) < 4.78 is 0. The average Bonchev–Trinajstić information content (AvgIpc) is 2.68. The van der Waals surface area contributed by atoms with E-state index in [-0.39, 0.29) is 28.8 Å². The number of nitrogens with zero attached hydrogens (tertiary/aromatic N) is 1. The molecule has 1 saturated heterocycles. The van der Waals surface area contributed by atoms with Crippen molar-refractivity contribution < 1.29 is 9.59 Å². The number of nitrogens with one attached hydrogen (secondary N) is 1. The van der Waals surface area contributed by atoms with Crippen LogP contribution in [0.1, 0.15) is 54.4 Å². The van der Waals surface area contributed by atoms with Crippen LogP contribution in [0.3, 0.4) is 0 Å². The molecule has 0 radical (unpaired) electrons. The molecule has 5 heteroatoms. The lowest BCUT2D eigenvalue weighted by Gasteiger charge is -2.31. The summed E-state index contributed by atoms with van der Waals surface area (Å²) in [4.78, 5) is 26.4. The molecule has 0 aromatic carbocycles. The number of hydrogen-bond acceptors (Lipinski definition) is 3. The molecule has 1 N–H and O–H groups in total. The van der Waals surface area contributed by atoms with Crippen molar-refractivity contribution in [3.63, 3.8) is 0 Å². The number of thioether (sulfide) groups is 1. The number of hydrogen-bond donors (Lipinski definition) is 1. The molecular weight excluding hydrogens is 272 g/mol. The molecular formula is C15H28N2O2S. The minimum absolute atomic E-state index is 0.0296. The fourth-order valence-corrected chi connectivity index (χ4v) is 3.98. The smallest absolute Gasteiger partial charge is 0.244 e. The van der Waals surface area contributed by atoms with Crippen molar-refractivity contribution >= 4 is 23.6 Å². The second-order valence-corrected chi connectivity index (χ2v) is 8.04. The van der Waals surface area contributed by atoms with Crippen LogP contribution in [0.4, 0.5) is 0 Å². The number of carbonyl (C=O) groups is 2. The van der Waals surface area contributed by atoms with Gasteiger partial charge in [0.05, 0.1) is 5.37 Å². The van der Waals surface area contributed by atoms with Gasteiger partial charge in [-0.05, 0) is 33.1 Å². The molecule has 0 aliphatic carbocycles. The van der Waals surface area contributed by atoms with E-state index in [0.29, 0.717) is 18.1 Å². The highest BCUT2D eigenvalue weighted by molar-refractivity contribution is 8.00. The van der Waals surface area contributed by atoms with Crippen molar-refractivity contribution in [2.75, 3.05) is 5.75 Å². The normalized spacial score (nSPS) is 23.2. The van der Waals surface area contributed by atoms with Crippen LogP contribution in [0.25, 0.3) is 0 Å². The van der Waals surface area contributed by atoms with Crippen molar-refractivity contribution in [3.05, 3.63) is 0 Å². The summed E-state index contributed by atoms with van der Waals surface area (Å²) in [7, 11) is 0. The first-order chi connectivity index (χ1) is 9.15. The Morgan fingerprint density at radius 2 is 1.95 bits per heavy atom. The molecule has 0 aromatic rings. The van der Waals surface area contributed by atoms with Crippen LogP contribution in [0.2, 0.25) is 0 Å². The third kappa shape index (κ3) is 4.69. The third-order valence-corrected chi connectivity index (χ3v) is 4.47. The maximum absolute atomic E-state index is 12.4. The molecule has 1 heterocycles. The second kappa shape index (κ2) is 6.83. The van der Waals surface area contributed by atoms with Gasteiger partial charge in [-0.25, -0.2) is 0 Å². The van der Waals surface area contributed by atoms with Gasteiger partial charge in [-0.3, -0.25) is 9.59 Å². The average molecular weight is 300 g/mol. The Hall–Kier alpha value is -0.710. The first kappa shape index (κ1) is 17.3. The van der Waals surface area contributed by atoms with Crippen molar-refractivity contribution in [3.8, 4) is 0 Å². The first-order valence-electron chi connectivity index (χ1n) is 7.40. The number of rotatable bonds is 4. The Bertz CT molecular complexity index is 363. The molecule has 1 fully saturated rings. The van der Waals surface area contributed by atoms with Crippen molar-refractivity contribution in [2.24, 2.45) is 5.92 Å². The van der Waals surface area contributed by atoms with Crippen molar-refractivity contribution in [2.45, 2.75) is 71.3 Å². The third-order valence-electron chi connectivity index (χ3n) is 3.16. The molecule has 116 valence electrons. The Balaban J connectivity index is 2.84. The van der Waals surface area contributed by atoms with Gasteiger partial charge in [0.25, 0.3) is 0 Å². The van der Waals surface area contributed by atoms with Crippen LogP contribution in [0.15, 0.2) is 0 Å². The lowest BCUT2D eigenvalue weighted by Crippen LogP contribution is -2.53. The minimum Gasteiger partial charge on any atom is -0.350 e. The SMILES string of the molecule is CCC(=O)N1C(CC(C)C)SCC1C(=O)NC(C)(C)C. The monoisotopic (exact) mass is 300 g/mol. The first-order valence-corrected chi connectivity index (χ1v) is 8.45. The topological polar surface area (TPSA) is 49.4 Å². The second-order valence-electron chi connectivity index (χ2n) is 6.83. The highest BCUT2D eigenvalue weighted by Gasteiger charge is 2.41. The zero-order valence-corrected chi connectivity index (χ0v) is 14.3. The minimum atomic E-state index is -0.324. The highest BCUT2D eigenvalue weighted by Crippen LogP contribution is 2.34. The summed E-state index contributed by atoms with van der Waals surface area (Å²) in [6.45, 7) is 12.0. The Labute approximate surface area is 127 Å². The molecule has 2 atom stereocenters. The van der Waals surface area contributed by atoms with Crippen LogP contribution in [0.5, 0.6) is 0 Å². The van der Waals surface area contributed by atoms with E-state index in [2.05, 4.69) is 19.2 Å². The van der Waals surface area contributed by atoms with Crippen LogP contribution >= 0.6 is 11.8 Å². The summed E-state index contributed by atoms with van der Waals surface area (Å²) in [6, 6.07) is -0.324. The molecule has 2 amide bonds. The summed E-state index contributed by atoms with van der Waals surface area (Å²) in [6.07, 6.45) is 1.39. The van der Waals surface area contributed by atoms with Crippen LogP contribution in [-0.4, -0.2) is 39.4 Å². The predicted molar refractivity (Wildman–Crippen MR) is 84.5 cm³/mol. The Kier molecular flexibility index (Phi) is 5.92. The van der Waals surface area contributed by atoms with Gasteiger partial charge in [-0.1, -0.05) is 20.8 Å². The Morgan fingerprint density at radius 3 is 2.40 bits per heavy atom. The van der Waals surface area contributed by atoms with Crippen LogP contribution < -0.4 is 5.32 Å². The number of carbonyl (C=O) groups excluding carboxylic acids is 2. The van der Waals surface area contributed by atoms with E-state index < -0.39 is 0 Å². The van der Waals surface area contributed by atoms with Crippen molar-refractivity contribution in [1.29, 1.82) is 0 Å². The molecule has 0 aromatic heterocycles. The van der Waals surface area contributed by atoms with E-state index in [1.54, 1.807) is 11.8 Å². The van der Waals surface area contributed by atoms with Gasteiger partial charge < -0.3 is 10.2 Å². The molecule has 2 unspecified atom stereocenters. The van der Waals surface area contributed by atoms with Gasteiger partial charge >= 0.3 is 0 Å². The summed E-state index contributed by atoms with van der Waals surface area (Å²) in [5.41, 5.74) is -0.265. The van der Waals surface area contributed by atoms with E-state index in [9.17, 15) is 9.59 Å². The molecule has 0 saturated carbocycles. The largest absolute Gasteiger partial charge is 0.350 e. The van der Waals surface area contributed by atoms with E-state index in [1.165, 1.54) is 0 Å². The maximum atomic E-state index is 12.4.